The van der Waals surface area contributed by atoms with Crippen LogP contribution >= 0.6 is 0 Å². The first-order valence-electron chi connectivity index (χ1n) is 10.5. The van der Waals surface area contributed by atoms with E-state index in [4.69, 9.17) is 4.74 Å². The summed E-state index contributed by atoms with van der Waals surface area (Å²) in [6, 6.07) is 6.36. The van der Waals surface area contributed by atoms with Gasteiger partial charge >= 0.3 is 5.69 Å². The summed E-state index contributed by atoms with van der Waals surface area (Å²) in [4.78, 5) is 27.7. The number of fused-ring (bicyclic) bond motifs is 1. The molecular formula is C22H30N4O3. The van der Waals surface area contributed by atoms with Crippen LogP contribution in [-0.4, -0.2) is 38.3 Å². The van der Waals surface area contributed by atoms with E-state index in [0.717, 1.165) is 17.7 Å². The lowest BCUT2D eigenvalue weighted by atomic mass is 9.78. The minimum Gasteiger partial charge on any atom is -0.497 e. The second kappa shape index (κ2) is 8.05. The normalized spacial score (nSPS) is 19.8. The Labute approximate surface area is 171 Å². The van der Waals surface area contributed by atoms with Crippen LogP contribution in [0.5, 0.6) is 5.75 Å². The standard InChI is InChI=1S/C22H30N4O3/c1-15-23-26(22(28)24(15)2)14-21(27)25-13-18-11-19(29-3)10-9-17(18)12-20(25)16-7-5-4-6-8-16/h9-11,16,20H,4-8,12-14H2,1-3H3. The quantitative estimate of drug-likeness (QED) is 0.793. The molecule has 4 rings (SSSR count). The molecule has 0 bridgehead atoms. The van der Waals surface area contributed by atoms with Crippen LogP contribution in [0.4, 0.5) is 0 Å². The van der Waals surface area contributed by atoms with Gasteiger partial charge < -0.3 is 9.64 Å². The van der Waals surface area contributed by atoms with Gasteiger partial charge in [0.05, 0.1) is 7.11 Å². The van der Waals surface area contributed by atoms with Crippen molar-refractivity contribution in [3.05, 3.63) is 45.6 Å². The highest BCUT2D eigenvalue weighted by atomic mass is 16.5. The SMILES string of the molecule is COc1ccc2c(c1)CN(C(=O)Cn1nc(C)n(C)c1=O)C(C1CCCCC1)C2. The van der Waals surface area contributed by atoms with Crippen LogP contribution in [0.15, 0.2) is 23.0 Å². The maximum absolute atomic E-state index is 13.3. The van der Waals surface area contributed by atoms with Crippen molar-refractivity contribution in [1.82, 2.24) is 19.2 Å². The van der Waals surface area contributed by atoms with Gasteiger partial charge in [-0.1, -0.05) is 25.3 Å². The summed E-state index contributed by atoms with van der Waals surface area (Å²) in [5.41, 5.74) is 2.19. The highest BCUT2D eigenvalue weighted by Gasteiger charge is 2.36. The second-order valence-corrected chi connectivity index (χ2v) is 8.37. The molecule has 7 heteroatoms. The van der Waals surface area contributed by atoms with E-state index in [0.29, 0.717) is 18.3 Å². The number of amides is 1. The van der Waals surface area contributed by atoms with Crippen molar-refractivity contribution in [3.8, 4) is 5.75 Å². The van der Waals surface area contributed by atoms with E-state index < -0.39 is 0 Å². The van der Waals surface area contributed by atoms with Crippen LogP contribution in [-0.2, 0) is 31.4 Å². The Morgan fingerprint density at radius 1 is 1.21 bits per heavy atom. The van der Waals surface area contributed by atoms with Gasteiger partial charge in [0.15, 0.2) is 0 Å². The molecular weight excluding hydrogens is 368 g/mol. The number of carbonyl (C=O) groups excluding carboxylic acids is 1. The maximum Gasteiger partial charge on any atom is 0.346 e. The van der Waals surface area contributed by atoms with Crippen LogP contribution < -0.4 is 10.4 Å². The Balaban J connectivity index is 1.63. The minimum absolute atomic E-state index is 0.0109. The van der Waals surface area contributed by atoms with E-state index in [1.54, 1.807) is 21.1 Å². The van der Waals surface area contributed by atoms with Crippen LogP contribution in [0, 0.1) is 12.8 Å². The van der Waals surface area contributed by atoms with Gasteiger partial charge in [0.25, 0.3) is 0 Å². The predicted molar refractivity (Wildman–Crippen MR) is 110 cm³/mol. The maximum atomic E-state index is 13.3. The van der Waals surface area contributed by atoms with E-state index in [1.165, 1.54) is 46.9 Å². The van der Waals surface area contributed by atoms with Crippen LogP contribution in [0.2, 0.25) is 0 Å². The molecule has 1 amide bonds. The molecule has 1 fully saturated rings. The van der Waals surface area contributed by atoms with Crippen molar-refractivity contribution in [2.45, 2.75) is 64.6 Å². The van der Waals surface area contributed by atoms with Crippen molar-refractivity contribution in [3.63, 3.8) is 0 Å². The van der Waals surface area contributed by atoms with Crippen molar-refractivity contribution < 1.29 is 9.53 Å². The third-order valence-corrected chi connectivity index (χ3v) is 6.64. The fourth-order valence-corrected chi connectivity index (χ4v) is 4.84. The van der Waals surface area contributed by atoms with E-state index in [2.05, 4.69) is 11.2 Å². The molecule has 29 heavy (non-hydrogen) atoms. The number of carbonyl (C=O) groups is 1. The summed E-state index contributed by atoms with van der Waals surface area (Å²) >= 11 is 0. The Kier molecular flexibility index (Phi) is 5.48. The predicted octanol–water partition coefficient (Wildman–Crippen LogP) is 2.43. The fourth-order valence-electron chi connectivity index (χ4n) is 4.84. The second-order valence-electron chi connectivity index (χ2n) is 8.37. The van der Waals surface area contributed by atoms with Gasteiger partial charge in [-0.2, -0.15) is 5.10 Å². The molecule has 1 aromatic carbocycles. The highest BCUT2D eigenvalue weighted by Crippen LogP contribution is 2.36. The van der Waals surface area contributed by atoms with Crippen molar-refractivity contribution in [1.29, 1.82) is 0 Å². The van der Waals surface area contributed by atoms with Crippen molar-refractivity contribution in [2.75, 3.05) is 7.11 Å². The first-order valence-corrected chi connectivity index (χ1v) is 10.5. The van der Waals surface area contributed by atoms with Gasteiger partial charge in [-0.25, -0.2) is 9.48 Å². The first-order chi connectivity index (χ1) is 14.0. The molecule has 1 saturated carbocycles. The monoisotopic (exact) mass is 398 g/mol. The molecule has 2 heterocycles. The Bertz CT molecular complexity index is 955. The molecule has 2 aromatic rings. The summed E-state index contributed by atoms with van der Waals surface area (Å²) < 4.78 is 8.15. The van der Waals surface area contributed by atoms with Crippen LogP contribution in [0.3, 0.4) is 0 Å². The van der Waals surface area contributed by atoms with Gasteiger partial charge in [-0.05, 0) is 55.4 Å². The molecule has 1 aromatic heterocycles. The number of aryl methyl sites for hydroxylation is 1. The van der Waals surface area contributed by atoms with Gasteiger partial charge in [0.1, 0.15) is 18.1 Å². The Morgan fingerprint density at radius 3 is 2.62 bits per heavy atom. The average molecular weight is 399 g/mol. The molecule has 1 aliphatic heterocycles. The van der Waals surface area contributed by atoms with E-state index >= 15 is 0 Å². The number of nitrogens with zero attached hydrogens (tertiary/aromatic N) is 4. The minimum atomic E-state index is -0.246. The first kappa shape index (κ1) is 19.7. The molecule has 1 unspecified atom stereocenters. The lowest BCUT2D eigenvalue weighted by molar-refractivity contribution is -0.137. The zero-order chi connectivity index (χ0) is 20.5. The number of hydrogen-bond acceptors (Lipinski definition) is 4. The number of benzene rings is 1. The molecule has 7 nitrogen and oxygen atoms in total. The molecule has 0 spiro atoms. The lowest BCUT2D eigenvalue weighted by Crippen LogP contribution is -2.50. The van der Waals surface area contributed by atoms with Crippen molar-refractivity contribution >= 4 is 5.91 Å². The zero-order valence-corrected chi connectivity index (χ0v) is 17.6. The highest BCUT2D eigenvalue weighted by molar-refractivity contribution is 5.76. The van der Waals surface area contributed by atoms with Gasteiger partial charge in [-0.15, -0.1) is 0 Å². The molecule has 156 valence electrons. The van der Waals surface area contributed by atoms with Gasteiger partial charge in [0, 0.05) is 19.6 Å². The lowest BCUT2D eigenvalue weighted by Gasteiger charge is -2.42. The summed E-state index contributed by atoms with van der Waals surface area (Å²) in [6.07, 6.45) is 6.96. The summed E-state index contributed by atoms with van der Waals surface area (Å²) in [5.74, 6) is 1.91. The molecule has 2 aliphatic rings. The van der Waals surface area contributed by atoms with Crippen molar-refractivity contribution in [2.24, 2.45) is 13.0 Å². The Hall–Kier alpha value is -2.57. The zero-order valence-electron chi connectivity index (χ0n) is 17.6. The van der Waals surface area contributed by atoms with Crippen LogP contribution in [0.1, 0.15) is 49.1 Å². The number of rotatable bonds is 4. The topological polar surface area (TPSA) is 69.4 Å². The smallest absolute Gasteiger partial charge is 0.346 e. The Morgan fingerprint density at radius 2 is 1.97 bits per heavy atom. The number of ether oxygens (including phenoxy) is 1. The number of methoxy groups -OCH3 is 1. The summed E-state index contributed by atoms with van der Waals surface area (Å²) in [6.45, 7) is 2.33. The average Bonchev–Trinajstić information content (AvgIpc) is 2.99. The summed E-state index contributed by atoms with van der Waals surface area (Å²) in [7, 11) is 3.34. The largest absolute Gasteiger partial charge is 0.497 e. The summed E-state index contributed by atoms with van der Waals surface area (Å²) in [5, 5.41) is 4.25. The molecule has 0 N–H and O–H groups in total. The van der Waals surface area contributed by atoms with E-state index in [-0.39, 0.29) is 24.2 Å². The number of aromatic nitrogens is 3. The molecule has 1 atom stereocenters. The number of hydrogen-bond donors (Lipinski definition) is 0. The van der Waals surface area contributed by atoms with Crippen LogP contribution in [0.25, 0.3) is 0 Å². The van der Waals surface area contributed by atoms with E-state index in [1.807, 2.05) is 17.0 Å². The van der Waals surface area contributed by atoms with Gasteiger partial charge in [-0.3, -0.25) is 9.36 Å². The molecule has 0 saturated heterocycles. The van der Waals surface area contributed by atoms with Gasteiger partial charge in [0.2, 0.25) is 5.91 Å². The molecule has 1 aliphatic carbocycles. The third-order valence-electron chi connectivity index (χ3n) is 6.64. The third kappa shape index (κ3) is 3.82. The van der Waals surface area contributed by atoms with E-state index in [9.17, 15) is 9.59 Å². The fraction of sp³-hybridized carbons (Fsp3) is 0.591. The molecule has 0 radical (unpaired) electrons.